The van der Waals surface area contributed by atoms with Gasteiger partial charge in [-0.15, -0.1) is 0 Å². The number of benzene rings is 3. The van der Waals surface area contributed by atoms with Crippen LogP contribution in [0, 0.1) is 17.1 Å². The molecule has 0 spiro atoms. The summed E-state index contributed by atoms with van der Waals surface area (Å²) in [5.41, 5.74) is 4.17. The van der Waals surface area contributed by atoms with E-state index in [1.165, 1.54) is 12.1 Å². The maximum Gasteiger partial charge on any atom is 0.237 e. The van der Waals surface area contributed by atoms with Crippen molar-refractivity contribution in [2.75, 3.05) is 14.1 Å². The third-order valence-corrected chi connectivity index (χ3v) is 5.66. The van der Waals surface area contributed by atoms with Crippen molar-refractivity contribution in [1.82, 2.24) is 14.7 Å². The molecule has 2 heterocycles. The monoisotopic (exact) mass is 463 g/mol. The quantitative estimate of drug-likeness (QED) is 0.288. The standard InChI is InChI=1S/C28H22FN5O/c1-33(2)18-31-27-23(17-30)24(19-13-15-21(29)16-14-19)25-26(20-9-5-3-6-10-20)32-34(28(25)35-27)22-11-7-4-8-12-22/h3-16,18,24H,1-2H3/t24-/m0/s1. The maximum atomic E-state index is 13.8. The molecule has 0 bridgehead atoms. The molecule has 7 heteroatoms. The van der Waals surface area contributed by atoms with E-state index in [1.807, 2.05) is 74.8 Å². The fourth-order valence-electron chi connectivity index (χ4n) is 4.11. The molecule has 0 radical (unpaired) electrons. The van der Waals surface area contributed by atoms with E-state index in [4.69, 9.17) is 9.84 Å². The van der Waals surface area contributed by atoms with Crippen molar-refractivity contribution >= 4 is 6.34 Å². The lowest BCUT2D eigenvalue weighted by Gasteiger charge is -2.25. The van der Waals surface area contributed by atoms with Crippen LogP contribution in [0.1, 0.15) is 17.0 Å². The zero-order valence-corrected chi connectivity index (χ0v) is 19.3. The van der Waals surface area contributed by atoms with Crippen molar-refractivity contribution in [3.8, 4) is 28.9 Å². The van der Waals surface area contributed by atoms with Gasteiger partial charge in [-0.2, -0.15) is 15.0 Å². The highest BCUT2D eigenvalue weighted by atomic mass is 19.1. The van der Waals surface area contributed by atoms with Crippen LogP contribution in [0.4, 0.5) is 4.39 Å². The molecule has 3 aromatic carbocycles. The highest BCUT2D eigenvalue weighted by molar-refractivity contribution is 5.72. The van der Waals surface area contributed by atoms with Crippen molar-refractivity contribution in [1.29, 1.82) is 5.26 Å². The van der Waals surface area contributed by atoms with Gasteiger partial charge in [0.05, 0.1) is 23.5 Å². The van der Waals surface area contributed by atoms with Gasteiger partial charge in [0.25, 0.3) is 0 Å². The Hall–Kier alpha value is -4.70. The number of fused-ring (bicyclic) bond motifs is 1. The van der Waals surface area contributed by atoms with Crippen LogP contribution in [-0.2, 0) is 0 Å². The molecule has 4 aromatic rings. The lowest BCUT2D eigenvalue weighted by atomic mass is 9.83. The van der Waals surface area contributed by atoms with Gasteiger partial charge >= 0.3 is 0 Å². The average molecular weight is 464 g/mol. The number of ether oxygens (including phenoxy) is 1. The van der Waals surface area contributed by atoms with Crippen LogP contribution in [0.5, 0.6) is 5.88 Å². The van der Waals surface area contributed by atoms with Crippen molar-refractivity contribution < 1.29 is 9.13 Å². The summed E-state index contributed by atoms with van der Waals surface area (Å²) in [7, 11) is 3.67. The SMILES string of the molecule is CN(C)C=NC1=C(C#N)[C@H](c2ccc(F)cc2)c2c(-c3ccccc3)nn(-c3ccccc3)c2O1. The minimum Gasteiger partial charge on any atom is -0.419 e. The summed E-state index contributed by atoms with van der Waals surface area (Å²) in [5.74, 6) is -0.252. The summed E-state index contributed by atoms with van der Waals surface area (Å²) >= 11 is 0. The van der Waals surface area contributed by atoms with E-state index >= 15 is 0 Å². The largest absolute Gasteiger partial charge is 0.419 e. The minimum atomic E-state index is -0.550. The molecule has 0 amide bonds. The van der Waals surface area contributed by atoms with Crippen molar-refractivity contribution in [3.63, 3.8) is 0 Å². The van der Waals surface area contributed by atoms with Gasteiger partial charge in [-0.05, 0) is 29.8 Å². The minimum absolute atomic E-state index is 0.180. The van der Waals surface area contributed by atoms with Gasteiger partial charge in [0.15, 0.2) is 0 Å². The molecule has 1 aromatic heterocycles. The second-order valence-corrected chi connectivity index (χ2v) is 8.31. The molecule has 6 nitrogen and oxygen atoms in total. The Morgan fingerprint density at radius 3 is 2.29 bits per heavy atom. The topological polar surface area (TPSA) is 66.4 Å². The van der Waals surface area contributed by atoms with E-state index < -0.39 is 5.92 Å². The average Bonchev–Trinajstić information content (AvgIpc) is 3.27. The Labute approximate surface area is 202 Å². The van der Waals surface area contributed by atoms with Gasteiger partial charge < -0.3 is 9.64 Å². The fourth-order valence-corrected chi connectivity index (χ4v) is 4.11. The predicted octanol–water partition coefficient (Wildman–Crippen LogP) is 5.53. The number of aromatic nitrogens is 2. The molecule has 0 saturated carbocycles. The molecule has 1 atom stereocenters. The molecule has 0 aliphatic carbocycles. The Morgan fingerprint density at radius 1 is 1.00 bits per heavy atom. The Morgan fingerprint density at radius 2 is 1.66 bits per heavy atom. The van der Waals surface area contributed by atoms with E-state index in [0.29, 0.717) is 17.1 Å². The first-order chi connectivity index (χ1) is 17.1. The van der Waals surface area contributed by atoms with Crippen LogP contribution in [-0.4, -0.2) is 35.1 Å². The number of para-hydroxylation sites is 1. The van der Waals surface area contributed by atoms with E-state index in [2.05, 4.69) is 11.1 Å². The molecule has 1 aliphatic heterocycles. The zero-order valence-electron chi connectivity index (χ0n) is 19.3. The fraction of sp³-hybridized carbons (Fsp3) is 0.107. The van der Waals surface area contributed by atoms with E-state index in [1.54, 1.807) is 28.1 Å². The van der Waals surface area contributed by atoms with Gasteiger partial charge in [-0.3, -0.25) is 0 Å². The molecule has 172 valence electrons. The van der Waals surface area contributed by atoms with Gasteiger partial charge in [-0.25, -0.2) is 9.38 Å². The van der Waals surface area contributed by atoms with Crippen LogP contribution in [0.3, 0.4) is 0 Å². The number of rotatable bonds is 5. The molecular weight excluding hydrogens is 441 g/mol. The molecule has 5 rings (SSSR count). The summed E-state index contributed by atoms with van der Waals surface area (Å²) in [6, 6.07) is 27.9. The van der Waals surface area contributed by atoms with Gasteiger partial charge in [-0.1, -0.05) is 60.7 Å². The van der Waals surface area contributed by atoms with Gasteiger partial charge in [0, 0.05) is 19.7 Å². The van der Waals surface area contributed by atoms with Crippen LogP contribution >= 0.6 is 0 Å². The number of nitriles is 1. The molecule has 0 unspecified atom stereocenters. The lowest BCUT2D eigenvalue weighted by Crippen LogP contribution is -2.18. The van der Waals surface area contributed by atoms with Crippen LogP contribution in [0.2, 0.25) is 0 Å². The molecule has 0 N–H and O–H groups in total. The van der Waals surface area contributed by atoms with Gasteiger partial charge in [0.2, 0.25) is 11.8 Å². The first-order valence-electron chi connectivity index (χ1n) is 11.1. The summed E-state index contributed by atoms with van der Waals surface area (Å²) in [6.07, 6.45) is 1.58. The molecule has 0 fully saturated rings. The number of nitrogens with zero attached hydrogens (tertiary/aromatic N) is 5. The Balaban J connectivity index is 1.83. The van der Waals surface area contributed by atoms with Gasteiger partial charge in [0.1, 0.15) is 23.2 Å². The summed E-state index contributed by atoms with van der Waals surface area (Å²) in [6.45, 7) is 0. The third kappa shape index (κ3) is 4.18. The highest BCUT2D eigenvalue weighted by Gasteiger charge is 2.38. The molecule has 1 aliphatic rings. The molecule has 0 saturated heterocycles. The first-order valence-corrected chi connectivity index (χ1v) is 11.1. The summed E-state index contributed by atoms with van der Waals surface area (Å²) < 4.78 is 21.9. The van der Waals surface area contributed by atoms with Crippen molar-refractivity contribution in [2.24, 2.45) is 4.99 Å². The van der Waals surface area contributed by atoms with E-state index in [0.717, 1.165) is 22.4 Å². The number of allylic oxidation sites excluding steroid dienone is 1. The number of aliphatic imine (C=N–C) groups is 1. The van der Waals surface area contributed by atoms with E-state index in [-0.39, 0.29) is 11.7 Å². The van der Waals surface area contributed by atoms with E-state index in [9.17, 15) is 9.65 Å². The third-order valence-electron chi connectivity index (χ3n) is 5.66. The normalized spacial score (nSPS) is 15.0. The second-order valence-electron chi connectivity index (χ2n) is 8.31. The van der Waals surface area contributed by atoms with Crippen molar-refractivity contribution in [3.05, 3.63) is 113 Å². The summed E-state index contributed by atoms with van der Waals surface area (Å²) in [5, 5.41) is 15.2. The van der Waals surface area contributed by atoms with Crippen LogP contribution in [0.25, 0.3) is 16.9 Å². The van der Waals surface area contributed by atoms with Crippen LogP contribution in [0.15, 0.2) is 101 Å². The zero-order chi connectivity index (χ0) is 24.4. The highest BCUT2D eigenvalue weighted by Crippen LogP contribution is 2.48. The lowest BCUT2D eigenvalue weighted by molar-refractivity contribution is 0.367. The number of hydrogen-bond acceptors (Lipinski definition) is 4. The first kappa shape index (κ1) is 22.1. The second kappa shape index (κ2) is 9.27. The van der Waals surface area contributed by atoms with Crippen molar-refractivity contribution in [2.45, 2.75) is 5.92 Å². The Bertz CT molecular complexity index is 1450. The van der Waals surface area contributed by atoms with Crippen LogP contribution < -0.4 is 4.74 Å². The molecule has 35 heavy (non-hydrogen) atoms. The number of halogens is 1. The smallest absolute Gasteiger partial charge is 0.237 e. The Kier molecular flexibility index (Phi) is 5.86. The summed E-state index contributed by atoms with van der Waals surface area (Å²) in [4.78, 5) is 6.23. The molecular formula is C28H22FN5O. The predicted molar refractivity (Wildman–Crippen MR) is 133 cm³/mol. The maximum absolute atomic E-state index is 13.8. The number of hydrogen-bond donors (Lipinski definition) is 0.